The summed E-state index contributed by atoms with van der Waals surface area (Å²) in [6.07, 6.45) is 8.13. The average molecular weight is 509 g/mol. The van der Waals surface area contributed by atoms with Crippen LogP contribution in [-0.4, -0.2) is 52.3 Å². The van der Waals surface area contributed by atoms with Gasteiger partial charge in [-0.3, -0.25) is 9.48 Å². The van der Waals surface area contributed by atoms with Crippen molar-refractivity contribution in [1.82, 2.24) is 28.9 Å². The molecule has 4 heterocycles. The van der Waals surface area contributed by atoms with Gasteiger partial charge in [-0.15, -0.1) is 15.6 Å². The number of ketones is 1. The number of Topliss-reactive ketones (excluding diaryl/α,β-unsaturated/α-hetero) is 1. The number of nitrogens with zero attached hydrogens (tertiary/aromatic N) is 6. The molecule has 1 fully saturated rings. The second-order valence-electron chi connectivity index (χ2n) is 8.79. The molecule has 8 nitrogen and oxygen atoms in total. The number of piperidine rings is 1. The first-order valence-corrected chi connectivity index (χ1v) is 13.1. The third-order valence-electron chi connectivity index (χ3n) is 6.67. The largest absolute Gasteiger partial charge is 0.593 e. The van der Waals surface area contributed by atoms with Gasteiger partial charge in [-0.2, -0.15) is 10.2 Å². The number of carbonyl (C=O) groups excluding carboxylic acids is 1. The predicted molar refractivity (Wildman–Crippen MR) is 130 cm³/mol. The second kappa shape index (κ2) is 8.52. The quantitative estimate of drug-likeness (QED) is 0.303. The third-order valence-corrected chi connectivity index (χ3v) is 8.65. The summed E-state index contributed by atoms with van der Waals surface area (Å²) in [5.74, 6) is -0.381. The zero-order valence-corrected chi connectivity index (χ0v) is 20.4. The molecule has 1 aromatic carbocycles. The fraction of sp³-hybridized carbons (Fsp3) is 0.250. The molecule has 0 bridgehead atoms. The van der Waals surface area contributed by atoms with Gasteiger partial charge in [0.15, 0.2) is 5.78 Å². The molecule has 2 unspecified atom stereocenters. The Morgan fingerprint density at radius 2 is 2.06 bits per heavy atom. The van der Waals surface area contributed by atoms with E-state index < -0.39 is 16.8 Å². The van der Waals surface area contributed by atoms with Crippen molar-refractivity contribution >= 4 is 34.6 Å². The molecular formula is C24H21FN6O2S2. The van der Waals surface area contributed by atoms with Crippen molar-refractivity contribution in [3.8, 4) is 5.69 Å². The highest BCUT2D eigenvalue weighted by molar-refractivity contribution is 7.89. The number of rotatable bonds is 5. The van der Waals surface area contributed by atoms with Crippen LogP contribution in [0.1, 0.15) is 28.2 Å². The average Bonchev–Trinajstić information content (AvgIpc) is 3.63. The molecule has 1 saturated heterocycles. The first-order chi connectivity index (χ1) is 16.9. The van der Waals surface area contributed by atoms with E-state index in [4.69, 9.17) is 0 Å². The topological polar surface area (TPSA) is 91.9 Å². The fourth-order valence-electron chi connectivity index (χ4n) is 4.95. The number of fused-ring (bicyclic) bond motifs is 2. The smallest absolute Gasteiger partial charge is 0.211 e. The predicted octanol–water partition coefficient (Wildman–Crippen LogP) is 3.44. The third kappa shape index (κ3) is 3.75. The summed E-state index contributed by atoms with van der Waals surface area (Å²) < 4.78 is 32.1. The van der Waals surface area contributed by atoms with Crippen molar-refractivity contribution in [3.63, 3.8) is 0 Å². The molecule has 178 valence electrons. The molecule has 0 radical (unpaired) electrons. The lowest BCUT2D eigenvalue weighted by Gasteiger charge is -2.44. The van der Waals surface area contributed by atoms with E-state index in [0.717, 1.165) is 22.5 Å². The summed E-state index contributed by atoms with van der Waals surface area (Å²) in [5.41, 5.74) is 4.70. The van der Waals surface area contributed by atoms with E-state index in [1.807, 2.05) is 10.4 Å². The van der Waals surface area contributed by atoms with Gasteiger partial charge in [0.1, 0.15) is 17.7 Å². The van der Waals surface area contributed by atoms with Crippen molar-refractivity contribution < 1.29 is 13.7 Å². The molecule has 1 aliphatic heterocycles. The van der Waals surface area contributed by atoms with Crippen LogP contribution in [0.5, 0.6) is 0 Å². The first kappa shape index (κ1) is 22.4. The summed E-state index contributed by atoms with van der Waals surface area (Å²) in [7, 11) is 1.78. The molecule has 35 heavy (non-hydrogen) atoms. The molecule has 4 aromatic rings. The van der Waals surface area contributed by atoms with Crippen LogP contribution in [0.2, 0.25) is 0 Å². The van der Waals surface area contributed by atoms with E-state index in [0.29, 0.717) is 36.5 Å². The molecule has 3 aromatic heterocycles. The number of aryl methyl sites for hydroxylation is 1. The maximum absolute atomic E-state index is 13.9. The summed E-state index contributed by atoms with van der Waals surface area (Å²) in [6, 6.07) is 6.18. The Morgan fingerprint density at radius 1 is 1.23 bits per heavy atom. The Labute approximate surface area is 208 Å². The standard InChI is InChI=1S/C24H21FN6O2S2/c1-29-12-20(11-27-29)35(33)30-7-6-17-8-22-16(10-28-31(22)19-4-2-18(25)3-5-19)9-24(17,14-30)23(32)21-13-34-15-26-21/h2-5,8,10-13,15H,6-7,9,14H2,1H3. The minimum absolute atomic E-state index is 0.0712. The zero-order chi connectivity index (χ0) is 24.2. The molecule has 2 aliphatic rings. The summed E-state index contributed by atoms with van der Waals surface area (Å²) in [4.78, 5) is 18.9. The van der Waals surface area contributed by atoms with Gasteiger partial charge in [-0.1, -0.05) is 5.57 Å². The van der Waals surface area contributed by atoms with Crippen molar-refractivity contribution in [1.29, 1.82) is 0 Å². The number of thiazole rings is 1. The van der Waals surface area contributed by atoms with Crippen LogP contribution in [0.25, 0.3) is 11.8 Å². The van der Waals surface area contributed by atoms with Crippen LogP contribution in [0.15, 0.2) is 64.2 Å². The number of halogens is 1. The zero-order valence-electron chi connectivity index (χ0n) is 18.8. The number of aromatic nitrogens is 5. The molecule has 0 saturated carbocycles. The van der Waals surface area contributed by atoms with E-state index in [2.05, 4.69) is 15.2 Å². The Hall–Kier alpha value is -3.12. The second-order valence-corrected chi connectivity index (χ2v) is 11.0. The number of benzene rings is 1. The molecule has 0 amide bonds. The number of hydrogen-bond acceptors (Lipinski definition) is 7. The highest BCUT2D eigenvalue weighted by Crippen LogP contribution is 2.47. The van der Waals surface area contributed by atoms with E-state index in [1.54, 1.807) is 58.0 Å². The van der Waals surface area contributed by atoms with Gasteiger partial charge in [0.25, 0.3) is 0 Å². The molecule has 0 N–H and O–H groups in total. The normalized spacial score (nSPS) is 20.7. The minimum atomic E-state index is -1.44. The summed E-state index contributed by atoms with van der Waals surface area (Å²) in [6.45, 7) is 0.845. The lowest BCUT2D eigenvalue weighted by molar-refractivity contribution is 0.0770. The highest BCUT2D eigenvalue weighted by Gasteiger charge is 2.52. The van der Waals surface area contributed by atoms with Crippen LogP contribution < -0.4 is 0 Å². The van der Waals surface area contributed by atoms with Gasteiger partial charge in [0.2, 0.25) is 4.90 Å². The highest BCUT2D eigenvalue weighted by atomic mass is 32.2. The maximum Gasteiger partial charge on any atom is 0.211 e. The Kier molecular flexibility index (Phi) is 5.44. The molecule has 11 heteroatoms. The van der Waals surface area contributed by atoms with Gasteiger partial charge in [0, 0.05) is 19.0 Å². The monoisotopic (exact) mass is 508 g/mol. The molecular weight excluding hydrogens is 487 g/mol. The number of hydrogen-bond donors (Lipinski definition) is 0. The van der Waals surface area contributed by atoms with Crippen LogP contribution in [0.4, 0.5) is 4.39 Å². The first-order valence-electron chi connectivity index (χ1n) is 11.1. The van der Waals surface area contributed by atoms with Gasteiger partial charge in [0.05, 0.1) is 52.6 Å². The van der Waals surface area contributed by atoms with Gasteiger partial charge < -0.3 is 4.55 Å². The van der Waals surface area contributed by atoms with E-state index in [-0.39, 0.29) is 11.6 Å². The van der Waals surface area contributed by atoms with Crippen molar-refractivity contribution in [3.05, 3.63) is 82.1 Å². The van der Waals surface area contributed by atoms with E-state index in [9.17, 15) is 13.7 Å². The summed E-state index contributed by atoms with van der Waals surface area (Å²) in [5, 5.41) is 10.5. The van der Waals surface area contributed by atoms with E-state index in [1.165, 1.54) is 23.5 Å². The van der Waals surface area contributed by atoms with Crippen LogP contribution in [-0.2, 0) is 24.8 Å². The SMILES string of the molecule is Cn1cc([S+]([O-])N2CCC3=Cc4c(cnn4-c4ccc(F)cc4)CC3(C(=O)c3cscn3)C2)cn1. The fourth-order valence-corrected chi connectivity index (χ4v) is 6.76. The number of carbonyl (C=O) groups is 1. The van der Waals surface area contributed by atoms with Crippen molar-refractivity contribution in [2.75, 3.05) is 13.1 Å². The Bertz CT molecular complexity index is 1430. The van der Waals surface area contributed by atoms with Crippen molar-refractivity contribution in [2.24, 2.45) is 12.5 Å². The molecule has 6 rings (SSSR count). The van der Waals surface area contributed by atoms with Crippen LogP contribution >= 0.6 is 11.3 Å². The lowest BCUT2D eigenvalue weighted by Crippen LogP contribution is -2.53. The molecule has 1 aliphatic carbocycles. The Morgan fingerprint density at radius 3 is 2.77 bits per heavy atom. The minimum Gasteiger partial charge on any atom is -0.593 e. The molecule has 2 atom stereocenters. The van der Waals surface area contributed by atoms with Gasteiger partial charge in [-0.05, 0) is 48.7 Å². The van der Waals surface area contributed by atoms with Crippen LogP contribution in [0, 0.1) is 11.2 Å². The van der Waals surface area contributed by atoms with Gasteiger partial charge >= 0.3 is 0 Å². The van der Waals surface area contributed by atoms with Crippen molar-refractivity contribution in [2.45, 2.75) is 17.7 Å². The Balaban J connectivity index is 1.41. The molecule has 0 spiro atoms. The van der Waals surface area contributed by atoms with E-state index >= 15 is 0 Å². The van der Waals surface area contributed by atoms with Crippen LogP contribution in [0.3, 0.4) is 0 Å². The maximum atomic E-state index is 13.9. The van der Waals surface area contributed by atoms with Gasteiger partial charge in [-0.25, -0.2) is 14.1 Å². The summed E-state index contributed by atoms with van der Waals surface area (Å²) >= 11 is -0.0619. The lowest BCUT2D eigenvalue weighted by atomic mass is 9.65.